The van der Waals surface area contributed by atoms with Crippen molar-refractivity contribution in [1.82, 2.24) is 5.32 Å². The number of hydrogen-bond acceptors (Lipinski definition) is 4. The van der Waals surface area contributed by atoms with E-state index in [1.807, 2.05) is 6.92 Å². The normalized spacial score (nSPS) is 14.7. The van der Waals surface area contributed by atoms with Gasteiger partial charge in [0.05, 0.1) is 11.6 Å². The van der Waals surface area contributed by atoms with Crippen LogP contribution in [-0.2, 0) is 10.0 Å². The fraction of sp³-hybridized carbons (Fsp3) is 0.381. The highest BCUT2D eigenvalue weighted by molar-refractivity contribution is 7.92. The zero-order chi connectivity index (χ0) is 21.6. The second-order valence-corrected chi connectivity index (χ2v) is 9.61. The van der Waals surface area contributed by atoms with Crippen molar-refractivity contribution >= 4 is 50.3 Å². The van der Waals surface area contributed by atoms with Gasteiger partial charge in [0, 0.05) is 17.4 Å². The minimum absolute atomic E-state index is 0.0245. The van der Waals surface area contributed by atoms with Crippen LogP contribution in [0.1, 0.15) is 39.0 Å². The maximum atomic E-state index is 12.9. The van der Waals surface area contributed by atoms with E-state index in [9.17, 15) is 8.42 Å². The Morgan fingerprint density at radius 3 is 2.43 bits per heavy atom. The molecule has 1 saturated carbocycles. The van der Waals surface area contributed by atoms with Crippen LogP contribution in [0.15, 0.2) is 47.4 Å². The minimum atomic E-state index is -3.88. The van der Waals surface area contributed by atoms with E-state index in [0.717, 1.165) is 12.8 Å². The lowest BCUT2D eigenvalue weighted by molar-refractivity contribution is 0.340. The summed E-state index contributed by atoms with van der Waals surface area (Å²) < 4.78 is 33.7. The predicted molar refractivity (Wildman–Crippen MR) is 126 cm³/mol. The van der Waals surface area contributed by atoms with Gasteiger partial charge in [-0.3, -0.25) is 4.72 Å². The number of sulfonamides is 1. The van der Waals surface area contributed by atoms with E-state index in [1.54, 1.807) is 36.4 Å². The Labute approximate surface area is 188 Å². The highest BCUT2D eigenvalue weighted by Gasteiger charge is 2.20. The van der Waals surface area contributed by atoms with E-state index in [0.29, 0.717) is 34.9 Å². The van der Waals surface area contributed by atoms with Gasteiger partial charge in [-0.25, -0.2) is 8.42 Å². The van der Waals surface area contributed by atoms with E-state index in [1.165, 1.54) is 25.3 Å². The molecule has 0 atom stereocenters. The van der Waals surface area contributed by atoms with Gasteiger partial charge >= 0.3 is 0 Å². The second-order valence-electron chi connectivity index (χ2n) is 7.14. The molecule has 0 radical (unpaired) electrons. The molecule has 6 nitrogen and oxygen atoms in total. The summed E-state index contributed by atoms with van der Waals surface area (Å²) in [4.78, 5) is -0.0245. The number of halogens is 1. The topological polar surface area (TPSA) is 79.5 Å². The molecule has 2 aromatic rings. The largest absolute Gasteiger partial charge is 0.494 e. The molecule has 0 saturated heterocycles. The first-order valence-corrected chi connectivity index (χ1v) is 12.3. The molecule has 0 unspecified atom stereocenters. The van der Waals surface area contributed by atoms with Gasteiger partial charge in [-0.2, -0.15) is 0 Å². The second kappa shape index (κ2) is 10.3. The molecular weight excluding hydrogens is 442 g/mol. The van der Waals surface area contributed by atoms with Crippen molar-refractivity contribution in [1.29, 1.82) is 0 Å². The van der Waals surface area contributed by atoms with E-state index >= 15 is 0 Å². The molecule has 2 aromatic carbocycles. The molecule has 0 aromatic heterocycles. The van der Waals surface area contributed by atoms with E-state index in [4.69, 9.17) is 28.6 Å². The van der Waals surface area contributed by atoms with Gasteiger partial charge in [0.2, 0.25) is 0 Å². The van der Waals surface area contributed by atoms with Crippen LogP contribution >= 0.6 is 23.8 Å². The zero-order valence-electron chi connectivity index (χ0n) is 16.8. The maximum Gasteiger partial charge on any atom is 0.263 e. The van der Waals surface area contributed by atoms with Gasteiger partial charge in [0.1, 0.15) is 10.6 Å². The first-order valence-electron chi connectivity index (χ1n) is 10.00. The summed E-state index contributed by atoms with van der Waals surface area (Å²) in [5, 5.41) is 6.98. The lowest BCUT2D eigenvalue weighted by atomic mass is 9.96. The molecule has 0 amide bonds. The summed E-state index contributed by atoms with van der Waals surface area (Å²) >= 11 is 11.6. The van der Waals surface area contributed by atoms with Gasteiger partial charge in [-0.05, 0) is 74.4 Å². The summed E-state index contributed by atoms with van der Waals surface area (Å²) in [6, 6.07) is 11.8. The third-order valence-electron chi connectivity index (χ3n) is 4.84. The third kappa shape index (κ3) is 6.23. The summed E-state index contributed by atoms with van der Waals surface area (Å²) in [7, 11) is -3.88. The Kier molecular flexibility index (Phi) is 7.80. The van der Waals surface area contributed by atoms with Gasteiger partial charge in [0.15, 0.2) is 5.11 Å². The molecule has 30 heavy (non-hydrogen) atoms. The van der Waals surface area contributed by atoms with Crippen LogP contribution in [0.4, 0.5) is 11.4 Å². The number of ether oxygens (including phenoxy) is 1. The molecule has 1 fully saturated rings. The summed E-state index contributed by atoms with van der Waals surface area (Å²) in [5.74, 6) is 0.670. The van der Waals surface area contributed by atoms with Gasteiger partial charge < -0.3 is 15.4 Å². The zero-order valence-corrected chi connectivity index (χ0v) is 19.2. The first kappa shape index (κ1) is 22.7. The standard InChI is InChI=1S/C21H26ClN3O3S2/c1-2-28-18-11-8-16(9-12-18)25-30(26,27)20-14-17(10-13-19(20)22)24-21(29)23-15-6-4-3-5-7-15/h8-15,25H,2-7H2,1H3,(H2,23,24,29). The average molecular weight is 468 g/mol. The van der Waals surface area contributed by atoms with Crippen molar-refractivity contribution in [2.24, 2.45) is 0 Å². The van der Waals surface area contributed by atoms with Crippen molar-refractivity contribution in [3.63, 3.8) is 0 Å². The number of thiocarbonyl (C=S) groups is 1. The monoisotopic (exact) mass is 467 g/mol. The van der Waals surface area contributed by atoms with E-state index < -0.39 is 10.0 Å². The van der Waals surface area contributed by atoms with Crippen LogP contribution in [0, 0.1) is 0 Å². The fourth-order valence-corrected chi connectivity index (χ4v) is 5.25. The summed E-state index contributed by atoms with van der Waals surface area (Å²) in [5.41, 5.74) is 0.974. The van der Waals surface area contributed by atoms with Crippen molar-refractivity contribution in [3.05, 3.63) is 47.5 Å². The van der Waals surface area contributed by atoms with Gasteiger partial charge in [-0.1, -0.05) is 30.9 Å². The molecule has 1 aliphatic carbocycles. The van der Waals surface area contributed by atoms with E-state index in [-0.39, 0.29) is 9.92 Å². The van der Waals surface area contributed by atoms with Crippen LogP contribution in [0.2, 0.25) is 5.02 Å². The first-order chi connectivity index (χ1) is 14.4. The maximum absolute atomic E-state index is 12.9. The average Bonchev–Trinajstić information content (AvgIpc) is 2.71. The lowest BCUT2D eigenvalue weighted by Crippen LogP contribution is -2.38. The van der Waals surface area contributed by atoms with Crippen molar-refractivity contribution in [2.75, 3.05) is 16.6 Å². The van der Waals surface area contributed by atoms with Crippen LogP contribution < -0.4 is 20.1 Å². The molecule has 3 N–H and O–H groups in total. The van der Waals surface area contributed by atoms with Crippen LogP contribution in [0.5, 0.6) is 5.75 Å². The number of nitrogens with one attached hydrogen (secondary N) is 3. The van der Waals surface area contributed by atoms with Gasteiger partial charge in [-0.15, -0.1) is 0 Å². The highest BCUT2D eigenvalue weighted by atomic mass is 35.5. The molecule has 0 spiro atoms. The Hall–Kier alpha value is -2.03. The molecule has 1 aliphatic rings. The lowest BCUT2D eigenvalue weighted by Gasteiger charge is -2.24. The van der Waals surface area contributed by atoms with Crippen LogP contribution in [0.25, 0.3) is 0 Å². The molecular formula is C21H26ClN3O3S2. The molecule has 0 aliphatic heterocycles. The highest BCUT2D eigenvalue weighted by Crippen LogP contribution is 2.28. The number of benzene rings is 2. The van der Waals surface area contributed by atoms with Crippen molar-refractivity contribution < 1.29 is 13.2 Å². The number of hydrogen-bond donors (Lipinski definition) is 3. The molecule has 0 bridgehead atoms. The molecule has 0 heterocycles. The number of anilines is 2. The summed E-state index contributed by atoms with van der Waals surface area (Å²) in [6.07, 6.45) is 5.84. The molecule has 9 heteroatoms. The predicted octanol–water partition coefficient (Wildman–Crippen LogP) is 5.16. The Morgan fingerprint density at radius 1 is 1.10 bits per heavy atom. The Bertz CT molecular complexity index is 975. The van der Waals surface area contributed by atoms with Gasteiger partial charge in [0.25, 0.3) is 10.0 Å². The SMILES string of the molecule is CCOc1ccc(NS(=O)(=O)c2cc(NC(=S)NC3CCCCC3)ccc2Cl)cc1. The van der Waals surface area contributed by atoms with Crippen molar-refractivity contribution in [2.45, 2.75) is 50.0 Å². The smallest absolute Gasteiger partial charge is 0.263 e. The quantitative estimate of drug-likeness (QED) is 0.488. The Morgan fingerprint density at radius 2 is 1.77 bits per heavy atom. The van der Waals surface area contributed by atoms with Crippen molar-refractivity contribution in [3.8, 4) is 5.75 Å². The Balaban J connectivity index is 1.70. The fourth-order valence-electron chi connectivity index (χ4n) is 3.38. The molecule has 3 rings (SSSR count). The minimum Gasteiger partial charge on any atom is -0.494 e. The van der Waals surface area contributed by atoms with Crippen LogP contribution in [0.3, 0.4) is 0 Å². The number of rotatable bonds is 7. The summed E-state index contributed by atoms with van der Waals surface area (Å²) in [6.45, 7) is 2.42. The van der Waals surface area contributed by atoms with E-state index in [2.05, 4.69) is 15.4 Å². The van der Waals surface area contributed by atoms with Crippen LogP contribution in [-0.4, -0.2) is 26.2 Å². The molecule has 162 valence electrons. The third-order valence-corrected chi connectivity index (χ3v) is 6.92.